The van der Waals surface area contributed by atoms with Crippen molar-refractivity contribution in [2.45, 2.75) is 18.9 Å². The third-order valence-corrected chi connectivity index (χ3v) is 3.12. The van der Waals surface area contributed by atoms with Crippen molar-refractivity contribution >= 4 is 23.2 Å². The zero-order valence-corrected chi connectivity index (χ0v) is 11.2. The highest BCUT2D eigenvalue weighted by atomic mass is 35.5. The minimum absolute atomic E-state index is 0.127. The first-order valence-electron chi connectivity index (χ1n) is 6.22. The van der Waals surface area contributed by atoms with Gasteiger partial charge in [-0.05, 0) is 31.0 Å². The molecule has 0 aliphatic carbocycles. The number of nitrogens with one attached hydrogen (secondary N) is 2. The molecule has 1 aliphatic heterocycles. The fraction of sp³-hybridized carbons (Fsp3) is 0.462. The first-order valence-corrected chi connectivity index (χ1v) is 6.60. The number of carbonyl (C=O) groups is 1. The van der Waals surface area contributed by atoms with Gasteiger partial charge in [-0.3, -0.25) is 4.79 Å². The number of rotatable bonds is 5. The molecule has 2 N–H and O–H groups in total. The smallest absolute Gasteiger partial charge is 0.238 e. The number of halogens is 2. The van der Waals surface area contributed by atoms with Crippen molar-refractivity contribution < 1.29 is 13.9 Å². The van der Waals surface area contributed by atoms with E-state index in [1.807, 2.05) is 0 Å². The molecule has 1 heterocycles. The Morgan fingerprint density at radius 1 is 1.53 bits per heavy atom. The summed E-state index contributed by atoms with van der Waals surface area (Å²) in [6, 6.07) is 4.13. The van der Waals surface area contributed by atoms with Crippen LogP contribution < -0.4 is 10.6 Å². The fourth-order valence-electron chi connectivity index (χ4n) is 1.94. The average Bonchev–Trinajstić information content (AvgIpc) is 2.86. The van der Waals surface area contributed by atoms with Crippen molar-refractivity contribution in [2.75, 3.05) is 25.0 Å². The molecular weight excluding hydrogens is 271 g/mol. The SMILES string of the molecule is O=C(CNCC1CCCO1)Nc1ccc(Cl)cc1F. The number of benzene rings is 1. The molecular formula is C13H16ClFN2O2. The van der Waals surface area contributed by atoms with Gasteiger partial charge in [0.15, 0.2) is 0 Å². The molecule has 2 rings (SSSR count). The summed E-state index contributed by atoms with van der Waals surface area (Å²) >= 11 is 5.63. The Kier molecular flexibility index (Phi) is 5.13. The summed E-state index contributed by atoms with van der Waals surface area (Å²) in [6.45, 7) is 1.55. The molecule has 0 aromatic heterocycles. The lowest BCUT2D eigenvalue weighted by molar-refractivity contribution is -0.115. The van der Waals surface area contributed by atoms with E-state index in [9.17, 15) is 9.18 Å². The molecule has 1 aliphatic rings. The van der Waals surface area contributed by atoms with Crippen molar-refractivity contribution in [2.24, 2.45) is 0 Å². The van der Waals surface area contributed by atoms with Gasteiger partial charge >= 0.3 is 0 Å². The van der Waals surface area contributed by atoms with Gasteiger partial charge in [0, 0.05) is 18.2 Å². The van der Waals surface area contributed by atoms with Gasteiger partial charge in [-0.25, -0.2) is 4.39 Å². The molecule has 0 spiro atoms. The largest absolute Gasteiger partial charge is 0.377 e. The summed E-state index contributed by atoms with van der Waals surface area (Å²) in [5.41, 5.74) is 0.133. The van der Waals surface area contributed by atoms with Gasteiger partial charge in [0.1, 0.15) is 5.82 Å². The maximum atomic E-state index is 13.4. The Morgan fingerprint density at radius 3 is 3.05 bits per heavy atom. The molecule has 6 heteroatoms. The van der Waals surface area contributed by atoms with Gasteiger partial charge in [-0.15, -0.1) is 0 Å². The Hall–Kier alpha value is -1.17. The third kappa shape index (κ3) is 4.45. The van der Waals surface area contributed by atoms with Crippen LogP contribution in [0.5, 0.6) is 0 Å². The molecule has 0 bridgehead atoms. The van der Waals surface area contributed by atoms with E-state index in [1.54, 1.807) is 0 Å². The molecule has 0 radical (unpaired) electrons. The van der Waals surface area contributed by atoms with Crippen LogP contribution in [0.1, 0.15) is 12.8 Å². The van der Waals surface area contributed by atoms with E-state index in [0.29, 0.717) is 11.6 Å². The van der Waals surface area contributed by atoms with Crippen molar-refractivity contribution in [1.82, 2.24) is 5.32 Å². The van der Waals surface area contributed by atoms with E-state index in [1.165, 1.54) is 12.1 Å². The predicted molar refractivity (Wildman–Crippen MR) is 71.9 cm³/mol. The van der Waals surface area contributed by atoms with Crippen LogP contribution in [-0.2, 0) is 9.53 Å². The minimum atomic E-state index is -0.542. The standard InChI is InChI=1S/C13H16ClFN2O2/c14-9-3-4-12(11(15)6-9)17-13(18)8-16-7-10-2-1-5-19-10/h3-4,6,10,16H,1-2,5,7-8H2,(H,17,18). The van der Waals surface area contributed by atoms with Crippen LogP contribution in [0.15, 0.2) is 18.2 Å². The van der Waals surface area contributed by atoms with Crippen molar-refractivity contribution in [1.29, 1.82) is 0 Å². The predicted octanol–water partition coefficient (Wildman–Crippen LogP) is 2.19. The normalized spacial score (nSPS) is 18.5. The van der Waals surface area contributed by atoms with Crippen molar-refractivity contribution in [3.05, 3.63) is 29.0 Å². The summed E-state index contributed by atoms with van der Waals surface area (Å²) in [7, 11) is 0. The summed E-state index contributed by atoms with van der Waals surface area (Å²) in [4.78, 5) is 11.6. The highest BCUT2D eigenvalue weighted by Crippen LogP contribution is 2.18. The molecule has 104 valence electrons. The maximum absolute atomic E-state index is 13.4. The van der Waals surface area contributed by atoms with E-state index < -0.39 is 5.82 Å². The van der Waals surface area contributed by atoms with Crippen LogP contribution in [0.4, 0.5) is 10.1 Å². The number of hydrogen-bond donors (Lipinski definition) is 2. The van der Waals surface area contributed by atoms with Crippen molar-refractivity contribution in [3.8, 4) is 0 Å². The number of amides is 1. The highest BCUT2D eigenvalue weighted by Gasteiger charge is 2.15. The lowest BCUT2D eigenvalue weighted by atomic mass is 10.2. The Balaban J connectivity index is 1.74. The molecule has 0 saturated carbocycles. The average molecular weight is 287 g/mol. The van der Waals surface area contributed by atoms with Crippen LogP contribution in [-0.4, -0.2) is 31.7 Å². The zero-order chi connectivity index (χ0) is 13.7. The number of anilines is 1. The summed E-state index contributed by atoms with van der Waals surface area (Å²) in [5.74, 6) is -0.834. The molecule has 4 nitrogen and oxygen atoms in total. The summed E-state index contributed by atoms with van der Waals surface area (Å²) < 4.78 is 18.9. The van der Waals surface area contributed by atoms with Gasteiger partial charge in [0.2, 0.25) is 5.91 Å². The number of carbonyl (C=O) groups excluding carboxylic acids is 1. The molecule has 1 saturated heterocycles. The summed E-state index contributed by atoms with van der Waals surface area (Å²) in [6.07, 6.45) is 2.26. The van der Waals surface area contributed by atoms with Crippen LogP contribution in [0.25, 0.3) is 0 Å². The number of hydrogen-bond acceptors (Lipinski definition) is 3. The van der Waals surface area contributed by atoms with Crippen LogP contribution >= 0.6 is 11.6 Å². The highest BCUT2D eigenvalue weighted by molar-refractivity contribution is 6.30. The monoisotopic (exact) mass is 286 g/mol. The van der Waals surface area contributed by atoms with Gasteiger partial charge in [-0.1, -0.05) is 11.6 Å². The fourth-order valence-corrected chi connectivity index (χ4v) is 2.10. The lowest BCUT2D eigenvalue weighted by Gasteiger charge is -2.11. The topological polar surface area (TPSA) is 50.4 Å². The Labute approximate surface area is 116 Å². The first kappa shape index (κ1) is 14.2. The number of ether oxygens (including phenoxy) is 1. The molecule has 1 unspecified atom stereocenters. The van der Waals surface area contributed by atoms with Gasteiger partial charge in [-0.2, -0.15) is 0 Å². The minimum Gasteiger partial charge on any atom is -0.377 e. The van der Waals surface area contributed by atoms with Gasteiger partial charge < -0.3 is 15.4 Å². The van der Waals surface area contributed by atoms with Gasteiger partial charge in [0.05, 0.1) is 18.3 Å². The Morgan fingerprint density at radius 2 is 2.37 bits per heavy atom. The van der Waals surface area contributed by atoms with Crippen LogP contribution in [0.3, 0.4) is 0 Å². The Bertz CT molecular complexity index is 450. The first-order chi connectivity index (χ1) is 9.15. The van der Waals surface area contributed by atoms with E-state index in [2.05, 4.69) is 10.6 Å². The molecule has 19 heavy (non-hydrogen) atoms. The summed E-state index contributed by atoms with van der Waals surface area (Å²) in [5, 5.41) is 5.78. The third-order valence-electron chi connectivity index (χ3n) is 2.89. The second kappa shape index (κ2) is 6.84. The van der Waals surface area contributed by atoms with Crippen LogP contribution in [0.2, 0.25) is 5.02 Å². The molecule has 1 atom stereocenters. The second-order valence-corrected chi connectivity index (χ2v) is 4.87. The maximum Gasteiger partial charge on any atom is 0.238 e. The molecule has 1 aromatic rings. The second-order valence-electron chi connectivity index (χ2n) is 4.44. The molecule has 1 amide bonds. The molecule has 1 fully saturated rings. The molecule has 1 aromatic carbocycles. The van der Waals surface area contributed by atoms with E-state index in [-0.39, 0.29) is 24.2 Å². The van der Waals surface area contributed by atoms with Crippen molar-refractivity contribution in [3.63, 3.8) is 0 Å². The zero-order valence-electron chi connectivity index (χ0n) is 10.4. The van der Waals surface area contributed by atoms with E-state index in [4.69, 9.17) is 16.3 Å². The van der Waals surface area contributed by atoms with E-state index in [0.717, 1.165) is 25.5 Å². The van der Waals surface area contributed by atoms with Gasteiger partial charge in [0.25, 0.3) is 0 Å². The lowest BCUT2D eigenvalue weighted by Crippen LogP contribution is -2.33. The quantitative estimate of drug-likeness (QED) is 0.872. The van der Waals surface area contributed by atoms with E-state index >= 15 is 0 Å². The van der Waals surface area contributed by atoms with Crippen LogP contribution in [0, 0.1) is 5.82 Å².